The van der Waals surface area contributed by atoms with E-state index in [1.165, 1.54) is 0 Å². The maximum absolute atomic E-state index is 12.4. The molecule has 20 heavy (non-hydrogen) atoms. The molecule has 2 aromatic carbocycles. The SMILES string of the molecule is CC1[C@@H](C(=O)c2ccccc2)[C@@H]1C(=O)c1ccccc1. The lowest BCUT2D eigenvalue weighted by atomic mass is 10.0. The Morgan fingerprint density at radius 3 is 1.40 bits per heavy atom. The van der Waals surface area contributed by atoms with E-state index in [4.69, 9.17) is 0 Å². The highest BCUT2D eigenvalue weighted by molar-refractivity contribution is 6.08. The zero-order valence-corrected chi connectivity index (χ0v) is 11.3. The smallest absolute Gasteiger partial charge is 0.166 e. The molecule has 2 heteroatoms. The van der Waals surface area contributed by atoms with Crippen LogP contribution in [0.2, 0.25) is 0 Å². The molecule has 100 valence electrons. The van der Waals surface area contributed by atoms with Crippen molar-refractivity contribution in [2.45, 2.75) is 6.92 Å². The van der Waals surface area contributed by atoms with E-state index in [0.717, 1.165) is 0 Å². The first-order valence-corrected chi connectivity index (χ1v) is 6.88. The Balaban J connectivity index is 1.78. The lowest BCUT2D eigenvalue weighted by molar-refractivity contribution is 0.0906. The number of hydrogen-bond donors (Lipinski definition) is 0. The number of benzene rings is 2. The summed E-state index contributed by atoms with van der Waals surface area (Å²) in [5.41, 5.74) is 1.40. The minimum atomic E-state index is -0.162. The summed E-state index contributed by atoms with van der Waals surface area (Å²) >= 11 is 0. The van der Waals surface area contributed by atoms with Gasteiger partial charge in [-0.1, -0.05) is 67.6 Å². The molecule has 0 amide bonds. The van der Waals surface area contributed by atoms with Gasteiger partial charge in [-0.3, -0.25) is 9.59 Å². The summed E-state index contributed by atoms with van der Waals surface area (Å²) in [4.78, 5) is 24.8. The topological polar surface area (TPSA) is 34.1 Å². The van der Waals surface area contributed by atoms with Crippen LogP contribution < -0.4 is 0 Å². The van der Waals surface area contributed by atoms with Crippen LogP contribution in [0.4, 0.5) is 0 Å². The third-order valence-corrected chi connectivity index (χ3v) is 4.10. The molecule has 1 aliphatic carbocycles. The lowest BCUT2D eigenvalue weighted by Gasteiger charge is -2.00. The summed E-state index contributed by atoms with van der Waals surface area (Å²) < 4.78 is 0. The van der Waals surface area contributed by atoms with Gasteiger partial charge in [0.15, 0.2) is 11.6 Å². The second-order valence-electron chi connectivity index (χ2n) is 5.37. The maximum Gasteiger partial charge on any atom is 0.166 e. The summed E-state index contributed by atoms with van der Waals surface area (Å²) in [6, 6.07) is 18.5. The highest BCUT2D eigenvalue weighted by Gasteiger charge is 2.55. The second kappa shape index (κ2) is 5.04. The molecular weight excluding hydrogens is 248 g/mol. The van der Waals surface area contributed by atoms with E-state index >= 15 is 0 Å². The predicted octanol–water partition coefficient (Wildman–Crippen LogP) is 3.63. The van der Waals surface area contributed by atoms with E-state index in [1.54, 1.807) is 0 Å². The highest BCUT2D eigenvalue weighted by Crippen LogP contribution is 2.49. The molecule has 0 radical (unpaired) electrons. The minimum Gasteiger partial charge on any atom is -0.294 e. The van der Waals surface area contributed by atoms with Gasteiger partial charge in [0, 0.05) is 23.0 Å². The van der Waals surface area contributed by atoms with Gasteiger partial charge in [0.1, 0.15) is 0 Å². The monoisotopic (exact) mass is 264 g/mol. The van der Waals surface area contributed by atoms with Crippen molar-refractivity contribution in [3.8, 4) is 0 Å². The van der Waals surface area contributed by atoms with Crippen molar-refractivity contribution < 1.29 is 9.59 Å². The fourth-order valence-electron chi connectivity index (χ4n) is 2.86. The molecule has 0 aliphatic heterocycles. The Kier molecular flexibility index (Phi) is 3.23. The molecule has 3 rings (SSSR count). The first kappa shape index (κ1) is 12.8. The number of ketones is 2. The van der Waals surface area contributed by atoms with E-state index in [-0.39, 0.29) is 29.3 Å². The summed E-state index contributed by atoms with van der Waals surface area (Å²) in [7, 11) is 0. The van der Waals surface area contributed by atoms with Gasteiger partial charge in [0.25, 0.3) is 0 Å². The molecule has 1 aliphatic rings. The Labute approximate surface area is 118 Å². The Bertz CT molecular complexity index is 573. The molecular formula is C18H16O2. The number of carbonyl (C=O) groups excluding carboxylic acids is 2. The molecule has 0 bridgehead atoms. The number of Topliss-reactive ketones (excluding diaryl/α,β-unsaturated/α-hetero) is 2. The molecule has 0 spiro atoms. The molecule has 0 N–H and O–H groups in total. The van der Waals surface area contributed by atoms with Crippen molar-refractivity contribution in [2.75, 3.05) is 0 Å². The van der Waals surface area contributed by atoms with Crippen LogP contribution in [0, 0.1) is 17.8 Å². The quantitative estimate of drug-likeness (QED) is 0.790. The third kappa shape index (κ3) is 2.18. The van der Waals surface area contributed by atoms with Crippen molar-refractivity contribution in [3.63, 3.8) is 0 Å². The molecule has 0 heterocycles. The standard InChI is InChI=1S/C18H16O2/c1-12-15(17(19)13-8-4-2-5-9-13)16(12)18(20)14-10-6-3-7-11-14/h2-12,15-16H,1H3/t15-,16-/m1/s1. The van der Waals surface area contributed by atoms with Crippen LogP contribution in [0.3, 0.4) is 0 Å². The molecule has 0 unspecified atom stereocenters. The van der Waals surface area contributed by atoms with Gasteiger partial charge in [0.2, 0.25) is 0 Å². The van der Waals surface area contributed by atoms with E-state index in [9.17, 15) is 9.59 Å². The van der Waals surface area contributed by atoms with Gasteiger partial charge >= 0.3 is 0 Å². The molecule has 0 saturated heterocycles. The first-order valence-electron chi connectivity index (χ1n) is 6.88. The van der Waals surface area contributed by atoms with Crippen LogP contribution in [-0.2, 0) is 0 Å². The predicted molar refractivity (Wildman–Crippen MR) is 77.7 cm³/mol. The van der Waals surface area contributed by atoms with Crippen LogP contribution in [0.1, 0.15) is 27.6 Å². The largest absolute Gasteiger partial charge is 0.294 e. The molecule has 1 fully saturated rings. The van der Waals surface area contributed by atoms with Crippen LogP contribution in [0.25, 0.3) is 0 Å². The molecule has 2 aromatic rings. The fourth-order valence-corrected chi connectivity index (χ4v) is 2.86. The first-order chi connectivity index (χ1) is 9.70. The van der Waals surface area contributed by atoms with Crippen molar-refractivity contribution >= 4 is 11.6 Å². The maximum atomic E-state index is 12.4. The number of hydrogen-bond acceptors (Lipinski definition) is 2. The van der Waals surface area contributed by atoms with Crippen LogP contribution in [-0.4, -0.2) is 11.6 Å². The van der Waals surface area contributed by atoms with Gasteiger partial charge < -0.3 is 0 Å². The average Bonchev–Trinajstić information content (AvgIpc) is 3.18. The minimum absolute atomic E-state index is 0.0902. The van der Waals surface area contributed by atoms with Crippen molar-refractivity contribution in [2.24, 2.45) is 17.8 Å². The van der Waals surface area contributed by atoms with E-state index in [2.05, 4.69) is 0 Å². The normalized spacial score (nSPS) is 24.1. The third-order valence-electron chi connectivity index (χ3n) is 4.10. The van der Waals surface area contributed by atoms with E-state index in [0.29, 0.717) is 11.1 Å². The summed E-state index contributed by atoms with van der Waals surface area (Å²) in [6.45, 7) is 1.98. The summed E-state index contributed by atoms with van der Waals surface area (Å²) in [6.07, 6.45) is 0. The van der Waals surface area contributed by atoms with Crippen LogP contribution >= 0.6 is 0 Å². The number of carbonyl (C=O) groups is 2. The van der Waals surface area contributed by atoms with Gasteiger partial charge in [-0.2, -0.15) is 0 Å². The van der Waals surface area contributed by atoms with Gasteiger partial charge in [-0.15, -0.1) is 0 Å². The Hall–Kier alpha value is -2.22. The molecule has 1 saturated carbocycles. The number of rotatable bonds is 4. The van der Waals surface area contributed by atoms with Gasteiger partial charge in [0.05, 0.1) is 0 Å². The Morgan fingerprint density at radius 2 is 1.05 bits per heavy atom. The average molecular weight is 264 g/mol. The van der Waals surface area contributed by atoms with E-state index < -0.39 is 0 Å². The van der Waals surface area contributed by atoms with Crippen molar-refractivity contribution in [1.29, 1.82) is 0 Å². The van der Waals surface area contributed by atoms with Crippen LogP contribution in [0.15, 0.2) is 60.7 Å². The molecule has 2 nitrogen and oxygen atoms in total. The summed E-state index contributed by atoms with van der Waals surface area (Å²) in [5.74, 6) is -0.00890. The molecule has 2 atom stereocenters. The van der Waals surface area contributed by atoms with Gasteiger partial charge in [-0.25, -0.2) is 0 Å². The summed E-state index contributed by atoms with van der Waals surface area (Å²) in [5, 5.41) is 0. The second-order valence-corrected chi connectivity index (χ2v) is 5.37. The van der Waals surface area contributed by atoms with Crippen LogP contribution in [0.5, 0.6) is 0 Å². The lowest BCUT2D eigenvalue weighted by Crippen LogP contribution is -2.09. The van der Waals surface area contributed by atoms with Crippen molar-refractivity contribution in [3.05, 3.63) is 71.8 Å². The molecule has 0 aromatic heterocycles. The van der Waals surface area contributed by atoms with E-state index in [1.807, 2.05) is 67.6 Å². The highest BCUT2D eigenvalue weighted by atomic mass is 16.1. The fraction of sp³-hybridized carbons (Fsp3) is 0.222. The zero-order chi connectivity index (χ0) is 14.1. The Morgan fingerprint density at radius 1 is 0.700 bits per heavy atom. The zero-order valence-electron chi connectivity index (χ0n) is 11.3. The van der Waals surface area contributed by atoms with Gasteiger partial charge in [-0.05, 0) is 5.92 Å². The van der Waals surface area contributed by atoms with Crippen molar-refractivity contribution in [1.82, 2.24) is 0 Å².